The highest BCUT2D eigenvalue weighted by Gasteiger charge is 2.23. The first-order chi connectivity index (χ1) is 8.56. The molecule has 1 saturated heterocycles. The monoisotopic (exact) mass is 248 g/mol. The lowest BCUT2D eigenvalue weighted by atomic mass is 9.94. The number of piperidine rings is 1. The maximum absolute atomic E-state index is 10.9. The molecule has 0 amide bonds. The molecule has 0 aromatic heterocycles. The SMILES string of the molecule is CC1CN(C)CCC1Nc1cccc(C(=O)O)c1. The van der Waals surface area contributed by atoms with Gasteiger partial charge in [0.15, 0.2) is 0 Å². The molecule has 0 radical (unpaired) electrons. The minimum absolute atomic E-state index is 0.334. The van der Waals surface area contributed by atoms with Gasteiger partial charge in [-0.3, -0.25) is 0 Å². The third kappa shape index (κ3) is 3.01. The largest absolute Gasteiger partial charge is 0.478 e. The normalized spacial score (nSPS) is 24.8. The minimum atomic E-state index is -0.880. The number of likely N-dealkylation sites (tertiary alicyclic amines) is 1. The lowest BCUT2D eigenvalue weighted by molar-refractivity contribution is 0.0697. The average molecular weight is 248 g/mol. The molecule has 2 atom stereocenters. The summed E-state index contributed by atoms with van der Waals surface area (Å²) in [4.78, 5) is 13.2. The van der Waals surface area contributed by atoms with Gasteiger partial charge in [-0.1, -0.05) is 13.0 Å². The second-order valence-corrected chi connectivity index (χ2v) is 5.16. The van der Waals surface area contributed by atoms with Gasteiger partial charge in [-0.15, -0.1) is 0 Å². The van der Waals surface area contributed by atoms with Crippen molar-refractivity contribution in [3.63, 3.8) is 0 Å². The Kier molecular flexibility index (Phi) is 3.87. The van der Waals surface area contributed by atoms with E-state index in [0.29, 0.717) is 17.5 Å². The summed E-state index contributed by atoms with van der Waals surface area (Å²) in [6.07, 6.45) is 1.09. The number of aromatic carboxylic acids is 1. The summed E-state index contributed by atoms with van der Waals surface area (Å²) in [7, 11) is 2.14. The molecule has 0 aliphatic carbocycles. The number of nitrogens with one attached hydrogen (secondary N) is 1. The minimum Gasteiger partial charge on any atom is -0.478 e. The molecule has 1 heterocycles. The van der Waals surface area contributed by atoms with Crippen LogP contribution in [0.3, 0.4) is 0 Å². The summed E-state index contributed by atoms with van der Waals surface area (Å²) >= 11 is 0. The first-order valence-corrected chi connectivity index (χ1v) is 6.34. The van der Waals surface area contributed by atoms with Gasteiger partial charge in [-0.25, -0.2) is 4.79 Å². The van der Waals surface area contributed by atoms with Gasteiger partial charge in [-0.2, -0.15) is 0 Å². The number of carbonyl (C=O) groups is 1. The maximum Gasteiger partial charge on any atom is 0.335 e. The quantitative estimate of drug-likeness (QED) is 0.860. The van der Waals surface area contributed by atoms with E-state index in [-0.39, 0.29) is 0 Å². The molecule has 4 nitrogen and oxygen atoms in total. The molecule has 0 saturated carbocycles. The Bertz CT molecular complexity index is 434. The van der Waals surface area contributed by atoms with Crippen LogP contribution in [0.25, 0.3) is 0 Å². The zero-order valence-corrected chi connectivity index (χ0v) is 10.9. The van der Waals surface area contributed by atoms with Crippen molar-refractivity contribution in [1.82, 2.24) is 4.90 Å². The molecule has 2 N–H and O–H groups in total. The Hall–Kier alpha value is -1.55. The molecule has 4 heteroatoms. The summed E-state index contributed by atoms with van der Waals surface area (Å²) in [6.45, 7) is 4.39. The molecule has 0 spiro atoms. The Labute approximate surface area is 108 Å². The number of nitrogens with zero attached hydrogens (tertiary/aromatic N) is 1. The Morgan fingerprint density at radius 2 is 2.28 bits per heavy atom. The molecule has 1 fully saturated rings. The summed E-state index contributed by atoms with van der Waals surface area (Å²) in [5, 5.41) is 12.4. The molecule has 18 heavy (non-hydrogen) atoms. The van der Waals surface area contributed by atoms with Crippen LogP contribution in [0.4, 0.5) is 5.69 Å². The van der Waals surface area contributed by atoms with E-state index in [2.05, 4.69) is 24.2 Å². The van der Waals surface area contributed by atoms with Crippen LogP contribution in [0.2, 0.25) is 0 Å². The summed E-state index contributed by atoms with van der Waals surface area (Å²) in [6, 6.07) is 7.45. The van der Waals surface area contributed by atoms with Gasteiger partial charge in [-0.05, 0) is 44.1 Å². The first kappa shape index (κ1) is 12.9. The molecule has 1 aliphatic heterocycles. The zero-order chi connectivity index (χ0) is 13.1. The van der Waals surface area contributed by atoms with Gasteiger partial charge < -0.3 is 15.3 Å². The molecule has 1 aliphatic rings. The number of hydrogen-bond acceptors (Lipinski definition) is 3. The van der Waals surface area contributed by atoms with Crippen LogP contribution >= 0.6 is 0 Å². The Balaban J connectivity index is 2.05. The fourth-order valence-corrected chi connectivity index (χ4v) is 2.52. The second kappa shape index (κ2) is 5.40. The third-order valence-electron chi connectivity index (χ3n) is 3.57. The molecule has 2 unspecified atom stereocenters. The Morgan fingerprint density at radius 3 is 2.94 bits per heavy atom. The van der Waals surface area contributed by atoms with E-state index in [0.717, 1.165) is 25.2 Å². The number of hydrogen-bond donors (Lipinski definition) is 2. The Morgan fingerprint density at radius 1 is 1.50 bits per heavy atom. The van der Waals surface area contributed by atoms with Crippen molar-refractivity contribution in [2.45, 2.75) is 19.4 Å². The predicted octanol–water partition coefficient (Wildman–Crippen LogP) is 2.14. The van der Waals surface area contributed by atoms with Crippen LogP contribution in [0.15, 0.2) is 24.3 Å². The molecular weight excluding hydrogens is 228 g/mol. The van der Waals surface area contributed by atoms with E-state index in [1.165, 1.54) is 0 Å². The summed E-state index contributed by atoms with van der Waals surface area (Å²) in [5.41, 5.74) is 1.23. The average Bonchev–Trinajstić information content (AvgIpc) is 2.33. The van der Waals surface area contributed by atoms with Gasteiger partial charge in [0.25, 0.3) is 0 Å². The number of anilines is 1. The maximum atomic E-state index is 10.9. The van der Waals surface area contributed by atoms with Crippen LogP contribution in [0, 0.1) is 5.92 Å². The highest BCUT2D eigenvalue weighted by atomic mass is 16.4. The second-order valence-electron chi connectivity index (χ2n) is 5.16. The van der Waals surface area contributed by atoms with Gasteiger partial charge in [0.2, 0.25) is 0 Å². The van der Waals surface area contributed by atoms with Gasteiger partial charge in [0.1, 0.15) is 0 Å². The molecule has 2 rings (SSSR count). The summed E-state index contributed by atoms with van der Waals surface area (Å²) < 4.78 is 0. The van der Waals surface area contributed by atoms with Crippen molar-refractivity contribution in [3.8, 4) is 0 Å². The van der Waals surface area contributed by atoms with Gasteiger partial charge >= 0.3 is 5.97 Å². The standard InChI is InChI=1S/C14H20N2O2/c1-10-9-16(2)7-6-13(10)15-12-5-3-4-11(8-12)14(17)18/h3-5,8,10,13,15H,6-7,9H2,1-2H3,(H,17,18). The molecule has 98 valence electrons. The van der Waals surface area contributed by atoms with Crippen LogP contribution < -0.4 is 5.32 Å². The van der Waals surface area contributed by atoms with Gasteiger partial charge in [0, 0.05) is 18.3 Å². The highest BCUT2D eigenvalue weighted by molar-refractivity contribution is 5.88. The summed E-state index contributed by atoms with van der Waals surface area (Å²) in [5.74, 6) is -0.313. The molecular formula is C14H20N2O2. The predicted molar refractivity (Wildman–Crippen MR) is 72.1 cm³/mol. The van der Waals surface area contributed by atoms with E-state index in [9.17, 15) is 4.79 Å². The van der Waals surface area contributed by atoms with E-state index >= 15 is 0 Å². The van der Waals surface area contributed by atoms with Crippen molar-refractivity contribution in [1.29, 1.82) is 0 Å². The van der Waals surface area contributed by atoms with Gasteiger partial charge in [0.05, 0.1) is 5.56 Å². The highest BCUT2D eigenvalue weighted by Crippen LogP contribution is 2.21. The van der Waals surface area contributed by atoms with Crippen LogP contribution in [-0.2, 0) is 0 Å². The lowest BCUT2D eigenvalue weighted by Crippen LogP contribution is -2.43. The lowest BCUT2D eigenvalue weighted by Gasteiger charge is -2.35. The van der Waals surface area contributed by atoms with Crippen LogP contribution in [0.1, 0.15) is 23.7 Å². The number of rotatable bonds is 3. The topological polar surface area (TPSA) is 52.6 Å². The fraction of sp³-hybridized carbons (Fsp3) is 0.500. The zero-order valence-electron chi connectivity index (χ0n) is 10.9. The molecule has 0 bridgehead atoms. The van der Waals surface area contributed by atoms with Crippen molar-refractivity contribution < 1.29 is 9.90 Å². The van der Waals surface area contributed by atoms with Crippen LogP contribution in [0.5, 0.6) is 0 Å². The first-order valence-electron chi connectivity index (χ1n) is 6.34. The van der Waals surface area contributed by atoms with Crippen molar-refractivity contribution in [2.24, 2.45) is 5.92 Å². The fourth-order valence-electron chi connectivity index (χ4n) is 2.52. The number of carboxylic acids is 1. The van der Waals surface area contributed by atoms with E-state index in [4.69, 9.17) is 5.11 Å². The van der Waals surface area contributed by atoms with Crippen molar-refractivity contribution in [3.05, 3.63) is 29.8 Å². The number of benzene rings is 1. The van der Waals surface area contributed by atoms with E-state index in [1.807, 2.05) is 6.07 Å². The smallest absolute Gasteiger partial charge is 0.335 e. The third-order valence-corrected chi connectivity index (χ3v) is 3.57. The molecule has 1 aromatic rings. The van der Waals surface area contributed by atoms with Crippen molar-refractivity contribution >= 4 is 11.7 Å². The van der Waals surface area contributed by atoms with E-state index in [1.54, 1.807) is 18.2 Å². The molecule has 1 aromatic carbocycles. The van der Waals surface area contributed by atoms with E-state index < -0.39 is 5.97 Å². The number of carboxylic acid groups (broad SMARTS) is 1. The van der Waals surface area contributed by atoms with Crippen molar-refractivity contribution in [2.75, 3.05) is 25.5 Å². The van der Waals surface area contributed by atoms with Crippen LogP contribution in [-0.4, -0.2) is 42.2 Å².